The molecule has 2 rings (SSSR count). The highest BCUT2D eigenvalue weighted by atomic mass is 16.5. The predicted octanol–water partition coefficient (Wildman–Crippen LogP) is 1.89. The summed E-state index contributed by atoms with van der Waals surface area (Å²) in [7, 11) is 0. The third-order valence-corrected chi connectivity index (χ3v) is 4.09. The van der Waals surface area contributed by atoms with Gasteiger partial charge in [0.05, 0.1) is 0 Å². The van der Waals surface area contributed by atoms with E-state index in [-0.39, 0.29) is 6.04 Å². The second kappa shape index (κ2) is 7.35. The number of piperazine rings is 1. The first-order chi connectivity index (χ1) is 10.5. The van der Waals surface area contributed by atoms with Gasteiger partial charge < -0.3 is 20.5 Å². The average molecular weight is 307 g/mol. The lowest BCUT2D eigenvalue weighted by molar-refractivity contribution is 0.0680. The van der Waals surface area contributed by atoms with Gasteiger partial charge in [0.2, 0.25) is 0 Å². The molecule has 6 heteroatoms. The molecule has 0 aliphatic carbocycles. The number of ether oxygens (including phenoxy) is 1. The first-order valence-electron chi connectivity index (χ1n) is 7.74. The van der Waals surface area contributed by atoms with Crippen LogP contribution in [0.4, 0.5) is 10.5 Å². The Morgan fingerprint density at radius 3 is 2.86 bits per heavy atom. The summed E-state index contributed by atoms with van der Waals surface area (Å²) in [6, 6.07) is 5.73. The minimum Gasteiger partial charge on any atom is -0.492 e. The molecule has 1 aromatic rings. The number of nitrogen functional groups attached to an aromatic ring is 1. The van der Waals surface area contributed by atoms with Crippen molar-refractivity contribution in [2.24, 2.45) is 0 Å². The van der Waals surface area contributed by atoms with Crippen molar-refractivity contribution in [2.75, 3.05) is 38.5 Å². The fraction of sp³-hybridized carbons (Fsp3) is 0.562. The van der Waals surface area contributed by atoms with Gasteiger partial charge in [-0.1, -0.05) is 6.92 Å². The molecule has 22 heavy (non-hydrogen) atoms. The molecule has 0 spiro atoms. The van der Waals surface area contributed by atoms with E-state index in [1.165, 1.54) is 4.90 Å². The van der Waals surface area contributed by atoms with Gasteiger partial charge >= 0.3 is 6.09 Å². The van der Waals surface area contributed by atoms with E-state index in [4.69, 9.17) is 15.6 Å². The maximum absolute atomic E-state index is 11.0. The highest BCUT2D eigenvalue weighted by molar-refractivity contribution is 5.65. The topological polar surface area (TPSA) is 79.0 Å². The van der Waals surface area contributed by atoms with Crippen molar-refractivity contribution in [2.45, 2.75) is 26.3 Å². The lowest BCUT2D eigenvalue weighted by Crippen LogP contribution is -2.54. The molecule has 1 aliphatic heterocycles. The molecule has 0 saturated carbocycles. The molecular weight excluding hydrogens is 282 g/mol. The molecule has 1 aliphatic rings. The monoisotopic (exact) mass is 307 g/mol. The number of amides is 1. The molecule has 1 atom stereocenters. The van der Waals surface area contributed by atoms with Crippen molar-refractivity contribution in [3.8, 4) is 5.75 Å². The quantitative estimate of drug-likeness (QED) is 0.812. The van der Waals surface area contributed by atoms with Crippen LogP contribution in [0, 0.1) is 0 Å². The standard InChI is InChI=1S/C16H25N3O3/c1-3-13-10-14(17)4-5-15(13)22-9-8-18-6-7-19(16(20)21)12(2)11-18/h4-5,10,12H,3,6-9,11,17H2,1-2H3,(H,20,21). The van der Waals surface area contributed by atoms with Gasteiger partial charge in [-0.3, -0.25) is 4.90 Å². The van der Waals surface area contributed by atoms with E-state index in [2.05, 4.69) is 11.8 Å². The van der Waals surface area contributed by atoms with Crippen LogP contribution in [0.3, 0.4) is 0 Å². The zero-order valence-corrected chi connectivity index (χ0v) is 13.3. The molecule has 122 valence electrons. The van der Waals surface area contributed by atoms with E-state index < -0.39 is 6.09 Å². The number of benzene rings is 1. The largest absolute Gasteiger partial charge is 0.492 e. The number of carbonyl (C=O) groups is 1. The van der Waals surface area contributed by atoms with Crippen molar-refractivity contribution in [1.82, 2.24) is 9.80 Å². The minimum absolute atomic E-state index is 0.0222. The summed E-state index contributed by atoms with van der Waals surface area (Å²) >= 11 is 0. The van der Waals surface area contributed by atoms with Gasteiger partial charge in [-0.2, -0.15) is 0 Å². The highest BCUT2D eigenvalue weighted by Gasteiger charge is 2.26. The molecule has 1 aromatic carbocycles. The van der Waals surface area contributed by atoms with Crippen LogP contribution in [0.1, 0.15) is 19.4 Å². The smallest absolute Gasteiger partial charge is 0.407 e. The third-order valence-electron chi connectivity index (χ3n) is 4.09. The number of nitrogens with zero attached hydrogens (tertiary/aromatic N) is 2. The second-order valence-electron chi connectivity index (χ2n) is 5.69. The lowest BCUT2D eigenvalue weighted by atomic mass is 10.1. The van der Waals surface area contributed by atoms with Crippen molar-refractivity contribution in [3.63, 3.8) is 0 Å². The van der Waals surface area contributed by atoms with Crippen LogP contribution in [-0.2, 0) is 6.42 Å². The molecule has 1 amide bonds. The summed E-state index contributed by atoms with van der Waals surface area (Å²) < 4.78 is 5.87. The molecule has 1 saturated heterocycles. The van der Waals surface area contributed by atoms with Gasteiger partial charge in [-0.05, 0) is 37.1 Å². The summed E-state index contributed by atoms with van der Waals surface area (Å²) in [6.07, 6.45) is 0.0483. The highest BCUT2D eigenvalue weighted by Crippen LogP contribution is 2.22. The summed E-state index contributed by atoms with van der Waals surface area (Å²) in [5.74, 6) is 0.883. The first-order valence-corrected chi connectivity index (χ1v) is 7.74. The van der Waals surface area contributed by atoms with E-state index in [1.807, 2.05) is 25.1 Å². The third kappa shape index (κ3) is 4.04. The van der Waals surface area contributed by atoms with Gasteiger partial charge in [-0.15, -0.1) is 0 Å². The molecular formula is C16H25N3O3. The predicted molar refractivity (Wildman–Crippen MR) is 86.4 cm³/mol. The molecule has 1 fully saturated rings. The van der Waals surface area contributed by atoms with E-state index in [0.717, 1.165) is 43.1 Å². The van der Waals surface area contributed by atoms with Crippen LogP contribution >= 0.6 is 0 Å². The minimum atomic E-state index is -0.835. The van der Waals surface area contributed by atoms with E-state index in [9.17, 15) is 4.79 Å². The number of rotatable bonds is 5. The Morgan fingerprint density at radius 2 is 2.23 bits per heavy atom. The number of anilines is 1. The molecule has 3 N–H and O–H groups in total. The maximum atomic E-state index is 11.0. The van der Waals surface area contributed by atoms with Gasteiger partial charge in [0.1, 0.15) is 12.4 Å². The van der Waals surface area contributed by atoms with Crippen molar-refractivity contribution < 1.29 is 14.6 Å². The van der Waals surface area contributed by atoms with Crippen LogP contribution in [0.15, 0.2) is 18.2 Å². The Balaban J connectivity index is 1.81. The lowest BCUT2D eigenvalue weighted by Gasteiger charge is -2.38. The van der Waals surface area contributed by atoms with Crippen LogP contribution < -0.4 is 10.5 Å². The molecule has 0 radical (unpaired) electrons. The Labute approximate surface area is 131 Å². The fourth-order valence-electron chi connectivity index (χ4n) is 2.82. The zero-order chi connectivity index (χ0) is 16.1. The van der Waals surface area contributed by atoms with Crippen LogP contribution in [0.25, 0.3) is 0 Å². The maximum Gasteiger partial charge on any atom is 0.407 e. The summed E-state index contributed by atoms with van der Waals surface area (Å²) in [5, 5.41) is 9.07. The Hall–Kier alpha value is -1.95. The van der Waals surface area contributed by atoms with Crippen LogP contribution in [0.2, 0.25) is 0 Å². The fourth-order valence-corrected chi connectivity index (χ4v) is 2.82. The van der Waals surface area contributed by atoms with Gasteiger partial charge in [0.15, 0.2) is 0 Å². The van der Waals surface area contributed by atoms with E-state index >= 15 is 0 Å². The Kier molecular flexibility index (Phi) is 5.49. The molecule has 0 bridgehead atoms. The normalized spacial score (nSPS) is 19.2. The molecule has 6 nitrogen and oxygen atoms in total. The number of hydrogen-bond donors (Lipinski definition) is 2. The van der Waals surface area contributed by atoms with Crippen LogP contribution in [0.5, 0.6) is 5.75 Å². The van der Waals surface area contributed by atoms with Gasteiger partial charge in [0, 0.05) is 37.9 Å². The first kappa shape index (κ1) is 16.4. The van der Waals surface area contributed by atoms with E-state index in [1.54, 1.807) is 0 Å². The average Bonchev–Trinajstić information content (AvgIpc) is 2.48. The summed E-state index contributed by atoms with van der Waals surface area (Å²) in [6.45, 7) is 7.46. The number of hydrogen-bond acceptors (Lipinski definition) is 4. The second-order valence-corrected chi connectivity index (χ2v) is 5.69. The van der Waals surface area contributed by atoms with Crippen LogP contribution in [-0.4, -0.2) is 59.8 Å². The molecule has 1 heterocycles. The van der Waals surface area contributed by atoms with Gasteiger partial charge in [-0.25, -0.2) is 4.79 Å². The van der Waals surface area contributed by atoms with Gasteiger partial charge in [0.25, 0.3) is 0 Å². The van der Waals surface area contributed by atoms with Crippen molar-refractivity contribution in [1.29, 1.82) is 0 Å². The molecule has 0 aromatic heterocycles. The van der Waals surface area contributed by atoms with Crippen molar-refractivity contribution >= 4 is 11.8 Å². The summed E-state index contributed by atoms with van der Waals surface area (Å²) in [4.78, 5) is 14.8. The number of nitrogens with two attached hydrogens (primary N) is 1. The van der Waals surface area contributed by atoms with E-state index in [0.29, 0.717) is 13.2 Å². The zero-order valence-electron chi connectivity index (χ0n) is 13.3. The number of aryl methyl sites for hydroxylation is 1. The Bertz CT molecular complexity index is 521. The SMILES string of the molecule is CCc1cc(N)ccc1OCCN1CCN(C(=O)O)C(C)C1. The Morgan fingerprint density at radius 1 is 1.45 bits per heavy atom. The van der Waals surface area contributed by atoms with Crippen molar-refractivity contribution in [3.05, 3.63) is 23.8 Å². The molecule has 1 unspecified atom stereocenters. The summed E-state index contributed by atoms with van der Waals surface area (Å²) in [5.41, 5.74) is 7.65. The number of carboxylic acid groups (broad SMARTS) is 1.